The molecule has 9 nitrogen and oxygen atoms in total. The van der Waals surface area contributed by atoms with Gasteiger partial charge in [-0.25, -0.2) is 14.5 Å². The number of hydrogen-bond donors (Lipinski definition) is 2. The van der Waals surface area contributed by atoms with Gasteiger partial charge < -0.3 is 20.3 Å². The smallest absolute Gasteiger partial charge is 0.418 e. The third-order valence-electron chi connectivity index (χ3n) is 7.58. The Labute approximate surface area is 172 Å². The van der Waals surface area contributed by atoms with Crippen LogP contribution in [0.1, 0.15) is 36.8 Å². The second kappa shape index (κ2) is 5.53. The molecule has 2 aliphatic heterocycles. The molecule has 2 heterocycles. The third-order valence-corrected chi connectivity index (χ3v) is 7.58. The zero-order valence-electron chi connectivity index (χ0n) is 16.6. The molecule has 9 heteroatoms. The minimum atomic E-state index is -1.37. The van der Waals surface area contributed by atoms with Crippen molar-refractivity contribution in [1.29, 1.82) is 0 Å². The van der Waals surface area contributed by atoms with Crippen molar-refractivity contribution in [2.45, 2.75) is 49.3 Å². The lowest BCUT2D eigenvalue weighted by Crippen LogP contribution is -2.41. The molecule has 4 atom stereocenters. The third kappa shape index (κ3) is 2.07. The van der Waals surface area contributed by atoms with Crippen molar-refractivity contribution in [2.24, 2.45) is 5.92 Å². The van der Waals surface area contributed by atoms with E-state index in [1.807, 2.05) is 4.90 Å². The topological polar surface area (TPSA) is 108 Å². The number of rotatable bonds is 3. The molecule has 2 N–H and O–H groups in total. The maximum Gasteiger partial charge on any atom is 0.418 e. The molecule has 0 bridgehead atoms. The highest BCUT2D eigenvalue weighted by Gasteiger charge is 2.81. The minimum absolute atomic E-state index is 0.0512. The molecule has 1 aromatic rings. The maximum atomic E-state index is 13.3. The number of anilines is 1. The van der Waals surface area contributed by atoms with Crippen LogP contribution in [0, 0.1) is 5.92 Å². The molecule has 1 aromatic carbocycles. The summed E-state index contributed by atoms with van der Waals surface area (Å²) in [4.78, 5) is 53.0. The molecule has 2 saturated heterocycles. The Morgan fingerprint density at radius 1 is 1.27 bits per heavy atom. The quantitative estimate of drug-likeness (QED) is 0.731. The van der Waals surface area contributed by atoms with Crippen molar-refractivity contribution in [3.63, 3.8) is 0 Å². The molecule has 3 aliphatic carbocycles. The molecule has 2 spiro atoms. The normalized spacial score (nSPS) is 34.4. The fraction of sp³-hybridized carbons (Fsp3) is 0.524. The van der Waals surface area contributed by atoms with E-state index in [-0.39, 0.29) is 24.0 Å². The number of carbonyl (C=O) groups excluding carboxylic acids is 4. The lowest BCUT2D eigenvalue weighted by atomic mass is 9.94. The van der Waals surface area contributed by atoms with Crippen molar-refractivity contribution in [3.05, 3.63) is 29.3 Å². The van der Waals surface area contributed by atoms with Crippen LogP contribution in [-0.2, 0) is 26.3 Å². The van der Waals surface area contributed by atoms with Crippen LogP contribution in [0.15, 0.2) is 18.2 Å². The van der Waals surface area contributed by atoms with Crippen LogP contribution in [-0.4, -0.2) is 58.9 Å². The van der Waals surface area contributed by atoms with E-state index in [1.54, 1.807) is 18.2 Å². The van der Waals surface area contributed by atoms with Gasteiger partial charge in [0.1, 0.15) is 6.54 Å². The zero-order valence-corrected chi connectivity index (χ0v) is 16.6. The average molecular weight is 410 g/mol. The summed E-state index contributed by atoms with van der Waals surface area (Å²) < 4.78 is 5.60. The number of imide groups is 1. The molecule has 4 fully saturated rings. The average Bonchev–Trinajstić information content (AvgIpc) is 3.50. The molecule has 0 radical (unpaired) electrons. The number of benzene rings is 1. The second-order valence-corrected chi connectivity index (χ2v) is 8.91. The largest absolute Gasteiger partial charge is 0.427 e. The Kier molecular flexibility index (Phi) is 3.27. The van der Waals surface area contributed by atoms with E-state index in [1.165, 1.54) is 13.5 Å². The first-order valence-electron chi connectivity index (χ1n) is 10.4. The number of aryl methyl sites for hydroxylation is 1. The van der Waals surface area contributed by atoms with Crippen molar-refractivity contribution in [1.82, 2.24) is 15.1 Å². The van der Waals surface area contributed by atoms with Gasteiger partial charge in [0, 0.05) is 24.7 Å². The number of nitrogens with zero attached hydrogens (tertiary/aromatic N) is 2. The summed E-state index contributed by atoms with van der Waals surface area (Å²) in [6, 6.07) is 5.15. The molecule has 5 aliphatic rings. The number of urea groups is 1. The molecule has 5 amide bonds. The van der Waals surface area contributed by atoms with Crippen LogP contribution >= 0.6 is 0 Å². The van der Waals surface area contributed by atoms with E-state index in [9.17, 15) is 19.2 Å². The number of ether oxygens (including phenoxy) is 1. The SMILES string of the molecule is CNC(=O)Nc1ccc2c(c1)CC[C@@]21OC(=O)N(CC(=O)N2C3CCC4CC432)C1=O. The Morgan fingerprint density at radius 2 is 2.10 bits per heavy atom. The predicted molar refractivity (Wildman–Crippen MR) is 103 cm³/mol. The number of amides is 5. The van der Waals surface area contributed by atoms with Crippen LogP contribution in [0.3, 0.4) is 0 Å². The van der Waals surface area contributed by atoms with Crippen molar-refractivity contribution in [2.75, 3.05) is 18.9 Å². The van der Waals surface area contributed by atoms with E-state index in [4.69, 9.17) is 4.74 Å². The summed E-state index contributed by atoms with van der Waals surface area (Å²) in [6.45, 7) is -0.254. The lowest BCUT2D eigenvalue weighted by molar-refractivity contribution is -0.140. The zero-order chi connectivity index (χ0) is 20.8. The van der Waals surface area contributed by atoms with Crippen LogP contribution in [0.2, 0.25) is 0 Å². The standard InChI is InChI=1S/C21H22N4O5/c1-22-18(28)23-13-3-4-14-11(8-13)6-7-21(14)17(27)24(19(29)30-21)10-16(26)25-15-5-2-12-9-20(12,15)25/h3-4,8,12,15H,2,5-7,9-10H2,1H3,(H2,22,23,28)/t12?,15?,20?,21-,25?/m1/s1. The minimum Gasteiger partial charge on any atom is -0.427 e. The van der Waals surface area contributed by atoms with Gasteiger partial charge in [-0.1, -0.05) is 6.07 Å². The van der Waals surface area contributed by atoms with E-state index in [2.05, 4.69) is 10.6 Å². The molecular formula is C21H22N4O5. The van der Waals surface area contributed by atoms with E-state index < -0.39 is 17.6 Å². The van der Waals surface area contributed by atoms with Crippen LogP contribution in [0.5, 0.6) is 0 Å². The predicted octanol–water partition coefficient (Wildman–Crippen LogP) is 1.32. The summed E-state index contributed by atoms with van der Waals surface area (Å²) in [5.41, 5.74) is 0.754. The van der Waals surface area contributed by atoms with Crippen molar-refractivity contribution < 1.29 is 23.9 Å². The van der Waals surface area contributed by atoms with Gasteiger partial charge in [-0.2, -0.15) is 0 Å². The first kappa shape index (κ1) is 17.7. The highest BCUT2D eigenvalue weighted by atomic mass is 16.6. The van der Waals surface area contributed by atoms with E-state index in [0.29, 0.717) is 36.1 Å². The van der Waals surface area contributed by atoms with Gasteiger partial charge in [0.25, 0.3) is 5.91 Å². The molecular weight excluding hydrogens is 388 g/mol. The monoisotopic (exact) mass is 410 g/mol. The summed E-state index contributed by atoms with van der Waals surface area (Å²) in [6.07, 6.45) is 3.38. The summed E-state index contributed by atoms with van der Waals surface area (Å²) >= 11 is 0. The number of nitrogens with one attached hydrogen (secondary N) is 2. The Bertz CT molecular complexity index is 1040. The fourth-order valence-corrected chi connectivity index (χ4v) is 6.08. The molecule has 3 unspecified atom stereocenters. The second-order valence-electron chi connectivity index (χ2n) is 8.91. The summed E-state index contributed by atoms with van der Waals surface area (Å²) in [7, 11) is 1.53. The lowest BCUT2D eigenvalue weighted by Gasteiger charge is -2.20. The Balaban J connectivity index is 1.22. The fourth-order valence-electron chi connectivity index (χ4n) is 6.08. The van der Waals surface area contributed by atoms with Crippen molar-refractivity contribution >= 4 is 29.6 Å². The van der Waals surface area contributed by atoms with Crippen LogP contribution in [0.4, 0.5) is 15.3 Å². The Morgan fingerprint density at radius 3 is 2.80 bits per heavy atom. The van der Waals surface area contributed by atoms with E-state index in [0.717, 1.165) is 23.3 Å². The number of hydrogen-bond acceptors (Lipinski definition) is 5. The number of carbonyl (C=O) groups is 4. The van der Waals surface area contributed by atoms with Gasteiger partial charge in [-0.3, -0.25) is 9.59 Å². The highest BCUT2D eigenvalue weighted by molar-refractivity contribution is 6.06. The summed E-state index contributed by atoms with van der Waals surface area (Å²) in [5, 5.41) is 5.18. The number of fused-ring (bicyclic) bond motifs is 2. The highest BCUT2D eigenvalue weighted by Crippen LogP contribution is 2.72. The Hall–Kier alpha value is -3.10. The molecule has 6 rings (SSSR count). The maximum absolute atomic E-state index is 13.3. The van der Waals surface area contributed by atoms with Crippen molar-refractivity contribution in [3.8, 4) is 0 Å². The van der Waals surface area contributed by atoms with Crippen LogP contribution in [0.25, 0.3) is 0 Å². The summed E-state index contributed by atoms with van der Waals surface area (Å²) in [5.74, 6) is -0.0188. The molecule has 156 valence electrons. The van der Waals surface area contributed by atoms with Crippen LogP contribution < -0.4 is 10.6 Å². The van der Waals surface area contributed by atoms with Gasteiger partial charge >= 0.3 is 12.1 Å². The van der Waals surface area contributed by atoms with Gasteiger partial charge in [0.15, 0.2) is 0 Å². The first-order chi connectivity index (χ1) is 14.4. The molecule has 2 saturated carbocycles. The van der Waals surface area contributed by atoms with Gasteiger partial charge in [-0.15, -0.1) is 0 Å². The number of likely N-dealkylation sites (tertiary alicyclic amines) is 1. The number of piperidine rings is 1. The van der Waals surface area contributed by atoms with Gasteiger partial charge in [-0.05, 0) is 49.3 Å². The van der Waals surface area contributed by atoms with E-state index >= 15 is 0 Å². The molecule has 30 heavy (non-hydrogen) atoms. The van der Waals surface area contributed by atoms with Gasteiger partial charge in [0.2, 0.25) is 11.5 Å². The van der Waals surface area contributed by atoms with Gasteiger partial charge in [0.05, 0.1) is 11.6 Å². The molecule has 0 aromatic heterocycles. The first-order valence-corrected chi connectivity index (χ1v) is 10.4.